The first-order valence-corrected chi connectivity index (χ1v) is 8.90. The summed E-state index contributed by atoms with van der Waals surface area (Å²) in [5.41, 5.74) is 1.24. The highest BCUT2D eigenvalue weighted by Crippen LogP contribution is 2.20. The van der Waals surface area contributed by atoms with Crippen LogP contribution < -0.4 is 5.32 Å². The maximum Gasteiger partial charge on any atom is 0.309 e. The molecule has 1 aliphatic rings. The van der Waals surface area contributed by atoms with E-state index < -0.39 is 0 Å². The number of nitriles is 1. The normalized spacial score (nSPS) is 15.0. The molecule has 1 saturated heterocycles. The van der Waals surface area contributed by atoms with Crippen LogP contribution in [0.15, 0.2) is 36.0 Å². The van der Waals surface area contributed by atoms with Gasteiger partial charge in [0, 0.05) is 30.5 Å². The third-order valence-corrected chi connectivity index (χ3v) is 4.43. The first kappa shape index (κ1) is 20.2. The van der Waals surface area contributed by atoms with Gasteiger partial charge in [-0.1, -0.05) is 0 Å². The van der Waals surface area contributed by atoms with Crippen LogP contribution in [0.3, 0.4) is 0 Å². The van der Waals surface area contributed by atoms with Gasteiger partial charge in [-0.05, 0) is 51.0 Å². The molecule has 0 saturated carbocycles. The van der Waals surface area contributed by atoms with E-state index in [-0.39, 0.29) is 29.2 Å². The molecule has 0 aliphatic carbocycles. The zero-order valence-electron chi connectivity index (χ0n) is 15.5. The van der Waals surface area contributed by atoms with E-state index in [4.69, 9.17) is 4.74 Å². The zero-order valence-corrected chi connectivity index (χ0v) is 15.5. The molecule has 1 amide bonds. The third kappa shape index (κ3) is 5.42. The van der Waals surface area contributed by atoms with Gasteiger partial charge in [0.1, 0.15) is 11.6 Å². The van der Waals surface area contributed by atoms with E-state index in [9.17, 15) is 19.6 Å². The Kier molecular flexibility index (Phi) is 7.12. The van der Waals surface area contributed by atoms with Crippen molar-refractivity contribution < 1.29 is 19.1 Å². The van der Waals surface area contributed by atoms with E-state index in [1.165, 1.54) is 13.1 Å². The minimum atomic E-state index is -0.368. The summed E-state index contributed by atoms with van der Waals surface area (Å²) in [5, 5.41) is 12.2. The number of piperidine rings is 1. The number of amides is 1. The van der Waals surface area contributed by atoms with Crippen LogP contribution >= 0.6 is 0 Å². The smallest absolute Gasteiger partial charge is 0.309 e. The molecule has 0 atom stereocenters. The van der Waals surface area contributed by atoms with Gasteiger partial charge in [-0.3, -0.25) is 14.4 Å². The summed E-state index contributed by atoms with van der Waals surface area (Å²) >= 11 is 0. The summed E-state index contributed by atoms with van der Waals surface area (Å²) in [7, 11) is 0. The van der Waals surface area contributed by atoms with Gasteiger partial charge in [-0.2, -0.15) is 5.26 Å². The summed E-state index contributed by atoms with van der Waals surface area (Å²) in [6.07, 6.45) is 2.43. The molecule has 2 rings (SSSR count). The molecule has 0 bridgehead atoms. The van der Waals surface area contributed by atoms with Gasteiger partial charge in [0.15, 0.2) is 5.78 Å². The summed E-state index contributed by atoms with van der Waals surface area (Å²) in [6, 6.07) is 8.67. The predicted molar refractivity (Wildman–Crippen MR) is 99.7 cm³/mol. The summed E-state index contributed by atoms with van der Waals surface area (Å²) in [6.45, 7) is 4.42. The molecule has 27 heavy (non-hydrogen) atoms. The number of rotatable bonds is 6. The fourth-order valence-corrected chi connectivity index (χ4v) is 2.85. The molecule has 1 aromatic carbocycles. The van der Waals surface area contributed by atoms with Gasteiger partial charge in [-0.15, -0.1) is 0 Å². The van der Waals surface area contributed by atoms with Crippen LogP contribution in [0.1, 0.15) is 37.0 Å². The topological polar surface area (TPSA) is 99.5 Å². The first-order valence-electron chi connectivity index (χ1n) is 8.90. The largest absolute Gasteiger partial charge is 0.466 e. The van der Waals surface area contributed by atoms with Crippen molar-refractivity contribution in [3.63, 3.8) is 0 Å². The number of ether oxygens (including phenoxy) is 1. The highest BCUT2D eigenvalue weighted by Gasteiger charge is 2.29. The number of likely N-dealkylation sites (tertiary alicyclic amines) is 1. The van der Waals surface area contributed by atoms with Crippen LogP contribution in [0.2, 0.25) is 0 Å². The van der Waals surface area contributed by atoms with Gasteiger partial charge < -0.3 is 15.0 Å². The molecule has 1 aromatic rings. The van der Waals surface area contributed by atoms with Crippen molar-refractivity contribution in [2.45, 2.75) is 26.7 Å². The summed E-state index contributed by atoms with van der Waals surface area (Å²) < 4.78 is 5.02. The van der Waals surface area contributed by atoms with Gasteiger partial charge in [0.05, 0.1) is 12.5 Å². The standard InChI is InChI=1S/C20H23N3O4/c1-3-27-20(26)16-8-10-23(11-9-16)19(25)17(12-21)13-22-18-6-4-15(5-7-18)14(2)24/h4-7,13,16,22H,3,8-11H2,1-2H3/b17-13-. The number of hydrogen-bond donors (Lipinski definition) is 1. The average molecular weight is 369 g/mol. The number of benzene rings is 1. The van der Waals surface area contributed by atoms with E-state index in [0.717, 1.165) is 0 Å². The van der Waals surface area contributed by atoms with E-state index in [1.807, 2.05) is 6.07 Å². The van der Waals surface area contributed by atoms with Crippen LogP contribution in [-0.2, 0) is 14.3 Å². The molecule has 0 unspecified atom stereocenters. The van der Waals surface area contributed by atoms with Crippen LogP contribution in [0.4, 0.5) is 5.69 Å². The molecule has 0 radical (unpaired) electrons. The average Bonchev–Trinajstić information content (AvgIpc) is 2.69. The number of carbonyl (C=O) groups is 3. The highest BCUT2D eigenvalue weighted by molar-refractivity contribution is 5.98. The quantitative estimate of drug-likeness (QED) is 0.358. The number of carbonyl (C=O) groups excluding carboxylic acids is 3. The number of hydrogen-bond acceptors (Lipinski definition) is 6. The molecular weight excluding hydrogens is 346 g/mol. The molecule has 0 spiro atoms. The number of esters is 1. The fourth-order valence-electron chi connectivity index (χ4n) is 2.85. The van der Waals surface area contributed by atoms with Crippen LogP contribution in [0.25, 0.3) is 0 Å². The monoisotopic (exact) mass is 369 g/mol. The Morgan fingerprint density at radius 1 is 1.26 bits per heavy atom. The lowest BCUT2D eigenvalue weighted by Crippen LogP contribution is -2.41. The lowest BCUT2D eigenvalue weighted by Gasteiger charge is -2.30. The fraction of sp³-hybridized carbons (Fsp3) is 0.400. The van der Waals surface area contributed by atoms with Gasteiger partial charge in [0.2, 0.25) is 0 Å². The Labute approximate surface area is 158 Å². The van der Waals surface area contributed by atoms with Gasteiger partial charge >= 0.3 is 5.97 Å². The molecule has 1 N–H and O–H groups in total. The molecule has 142 valence electrons. The molecule has 1 heterocycles. The van der Waals surface area contributed by atoms with Crippen molar-refractivity contribution in [1.29, 1.82) is 5.26 Å². The van der Waals surface area contributed by atoms with E-state index in [2.05, 4.69) is 5.32 Å². The molecule has 7 nitrogen and oxygen atoms in total. The summed E-state index contributed by atoms with van der Waals surface area (Å²) in [5.74, 6) is -0.818. The third-order valence-electron chi connectivity index (χ3n) is 4.43. The minimum Gasteiger partial charge on any atom is -0.466 e. The Balaban J connectivity index is 1.95. The Hall–Kier alpha value is -3.14. The van der Waals surface area contributed by atoms with Crippen LogP contribution in [-0.4, -0.2) is 42.3 Å². The maximum atomic E-state index is 12.5. The Morgan fingerprint density at radius 3 is 2.41 bits per heavy atom. The number of nitrogens with zero attached hydrogens (tertiary/aromatic N) is 2. The predicted octanol–water partition coefficient (Wildman–Crippen LogP) is 2.51. The highest BCUT2D eigenvalue weighted by atomic mass is 16.5. The van der Waals surface area contributed by atoms with Crippen LogP contribution in [0.5, 0.6) is 0 Å². The molecule has 1 aliphatic heterocycles. The van der Waals surface area contributed by atoms with Gasteiger partial charge in [-0.25, -0.2) is 0 Å². The Morgan fingerprint density at radius 2 is 1.89 bits per heavy atom. The summed E-state index contributed by atoms with van der Waals surface area (Å²) in [4.78, 5) is 37.2. The number of ketones is 1. The van der Waals surface area contributed by atoms with Crippen molar-refractivity contribution in [3.8, 4) is 6.07 Å². The molecule has 7 heteroatoms. The second-order valence-electron chi connectivity index (χ2n) is 6.27. The minimum absolute atomic E-state index is 0.0137. The lowest BCUT2D eigenvalue weighted by atomic mass is 9.96. The van der Waals surface area contributed by atoms with Crippen molar-refractivity contribution in [2.24, 2.45) is 5.92 Å². The number of nitrogens with one attached hydrogen (secondary N) is 1. The SMILES string of the molecule is CCOC(=O)C1CCN(C(=O)/C(C#N)=C\Nc2ccc(C(C)=O)cc2)CC1. The second-order valence-corrected chi connectivity index (χ2v) is 6.27. The maximum absolute atomic E-state index is 12.5. The van der Waals surface area contributed by atoms with E-state index in [0.29, 0.717) is 43.8 Å². The van der Waals surface area contributed by atoms with Gasteiger partial charge in [0.25, 0.3) is 5.91 Å². The Bertz CT molecular complexity index is 769. The van der Waals surface area contributed by atoms with Crippen LogP contribution in [0, 0.1) is 17.2 Å². The van der Waals surface area contributed by atoms with Crippen molar-refractivity contribution in [2.75, 3.05) is 25.0 Å². The number of anilines is 1. The van der Waals surface area contributed by atoms with E-state index in [1.54, 1.807) is 36.1 Å². The zero-order chi connectivity index (χ0) is 19.8. The van der Waals surface area contributed by atoms with Crippen molar-refractivity contribution in [1.82, 2.24) is 4.90 Å². The van der Waals surface area contributed by atoms with Crippen molar-refractivity contribution >= 4 is 23.3 Å². The lowest BCUT2D eigenvalue weighted by molar-refractivity contribution is -0.150. The number of Topliss-reactive ketones (excluding diaryl/α,β-unsaturated/α-hetero) is 1. The molecule has 0 aromatic heterocycles. The molecular formula is C20H23N3O4. The second kappa shape index (κ2) is 9.53. The molecule has 1 fully saturated rings. The first-order chi connectivity index (χ1) is 13.0. The van der Waals surface area contributed by atoms with E-state index >= 15 is 0 Å². The van der Waals surface area contributed by atoms with Crippen molar-refractivity contribution in [3.05, 3.63) is 41.6 Å².